The van der Waals surface area contributed by atoms with Crippen molar-refractivity contribution in [2.24, 2.45) is 5.18 Å². The third kappa shape index (κ3) is 2.27. The van der Waals surface area contributed by atoms with Crippen molar-refractivity contribution in [3.63, 3.8) is 0 Å². The van der Waals surface area contributed by atoms with Crippen molar-refractivity contribution in [3.8, 4) is 0 Å². The summed E-state index contributed by atoms with van der Waals surface area (Å²) in [7, 11) is 0. The first-order valence-electron chi connectivity index (χ1n) is 6.22. The maximum atomic E-state index is 12.7. The van der Waals surface area contributed by atoms with Gasteiger partial charge in [0.05, 0.1) is 0 Å². The molecule has 1 N–H and O–H groups in total. The van der Waals surface area contributed by atoms with Gasteiger partial charge >= 0.3 is 0 Å². The molecule has 0 radical (unpaired) electrons. The Bertz CT molecular complexity index is 870. The van der Waals surface area contributed by atoms with Gasteiger partial charge in [-0.1, -0.05) is 12.1 Å². The fourth-order valence-electron chi connectivity index (χ4n) is 2.28. The summed E-state index contributed by atoms with van der Waals surface area (Å²) in [6, 6.07) is 6.77. The van der Waals surface area contributed by atoms with E-state index in [1.165, 1.54) is 0 Å². The number of rotatable bonds is 3. The number of benzene rings is 1. The molecule has 0 atom stereocenters. The average molecular weight is 344 g/mol. The summed E-state index contributed by atoms with van der Waals surface area (Å²) < 4.78 is 0.795. The van der Waals surface area contributed by atoms with Crippen LogP contribution < -0.4 is 0 Å². The molecular formula is C15H10BrN3O2. The standard InChI is InChI=1S/C15H10BrN3O2/c1-8-10(3-2-4-13(8)19-21)14(20)12-7-18-15-11(12)5-9(16)6-17-15/h2-7H,1H3,(H,17,18). The quantitative estimate of drug-likeness (QED) is 0.570. The van der Waals surface area contributed by atoms with Gasteiger partial charge in [0.2, 0.25) is 0 Å². The first-order chi connectivity index (χ1) is 10.1. The molecule has 0 spiro atoms. The predicted octanol–water partition coefficient (Wildman–Crippen LogP) is 4.26. The van der Waals surface area contributed by atoms with Crippen LogP contribution in [0.2, 0.25) is 0 Å². The maximum absolute atomic E-state index is 12.7. The number of nitroso groups, excluding NO2 is 1. The van der Waals surface area contributed by atoms with E-state index in [2.05, 4.69) is 31.1 Å². The van der Waals surface area contributed by atoms with E-state index in [1.807, 2.05) is 6.07 Å². The van der Waals surface area contributed by atoms with Crippen LogP contribution in [0.1, 0.15) is 21.5 Å². The summed E-state index contributed by atoms with van der Waals surface area (Å²) in [4.78, 5) is 30.7. The van der Waals surface area contributed by atoms with Gasteiger partial charge in [0.25, 0.3) is 0 Å². The number of pyridine rings is 1. The number of halogens is 1. The van der Waals surface area contributed by atoms with Crippen LogP contribution in [-0.2, 0) is 0 Å². The van der Waals surface area contributed by atoms with Gasteiger partial charge in [0.15, 0.2) is 5.78 Å². The molecule has 3 aromatic rings. The zero-order valence-corrected chi connectivity index (χ0v) is 12.6. The highest BCUT2D eigenvalue weighted by Crippen LogP contribution is 2.27. The number of aromatic nitrogens is 2. The summed E-state index contributed by atoms with van der Waals surface area (Å²) in [5.74, 6) is -0.163. The van der Waals surface area contributed by atoms with Crippen molar-refractivity contribution in [1.82, 2.24) is 9.97 Å². The predicted molar refractivity (Wildman–Crippen MR) is 83.9 cm³/mol. The van der Waals surface area contributed by atoms with E-state index in [0.717, 1.165) is 9.86 Å². The van der Waals surface area contributed by atoms with Crippen molar-refractivity contribution in [2.75, 3.05) is 0 Å². The van der Waals surface area contributed by atoms with Crippen molar-refractivity contribution >= 4 is 38.4 Å². The lowest BCUT2D eigenvalue weighted by atomic mass is 9.98. The molecule has 0 amide bonds. The van der Waals surface area contributed by atoms with E-state index < -0.39 is 0 Å². The van der Waals surface area contributed by atoms with E-state index >= 15 is 0 Å². The molecule has 0 unspecified atom stereocenters. The van der Waals surface area contributed by atoms with Gasteiger partial charge in [-0.05, 0) is 45.7 Å². The van der Waals surface area contributed by atoms with E-state index in [9.17, 15) is 9.70 Å². The molecule has 104 valence electrons. The highest BCUT2D eigenvalue weighted by atomic mass is 79.9. The van der Waals surface area contributed by atoms with Gasteiger partial charge in [0.1, 0.15) is 11.3 Å². The minimum Gasteiger partial charge on any atom is -0.345 e. The number of hydrogen-bond donors (Lipinski definition) is 1. The number of nitrogens with one attached hydrogen (secondary N) is 1. The third-order valence-electron chi connectivity index (χ3n) is 3.39. The molecule has 2 aromatic heterocycles. The van der Waals surface area contributed by atoms with Crippen molar-refractivity contribution < 1.29 is 4.79 Å². The minimum atomic E-state index is -0.163. The van der Waals surface area contributed by atoms with Gasteiger partial charge in [-0.15, -0.1) is 4.91 Å². The Morgan fingerprint density at radius 1 is 1.33 bits per heavy atom. The number of ketones is 1. The molecule has 0 aliphatic rings. The molecular weight excluding hydrogens is 334 g/mol. The smallest absolute Gasteiger partial charge is 0.195 e. The monoisotopic (exact) mass is 343 g/mol. The fourth-order valence-corrected chi connectivity index (χ4v) is 2.61. The summed E-state index contributed by atoms with van der Waals surface area (Å²) in [6.45, 7) is 1.72. The molecule has 0 aliphatic heterocycles. The Morgan fingerprint density at radius 3 is 2.90 bits per heavy atom. The maximum Gasteiger partial charge on any atom is 0.195 e. The highest BCUT2D eigenvalue weighted by molar-refractivity contribution is 9.10. The Labute approximate surface area is 128 Å². The van der Waals surface area contributed by atoms with Crippen molar-refractivity contribution in [1.29, 1.82) is 0 Å². The Hall–Kier alpha value is -2.34. The van der Waals surface area contributed by atoms with Crippen LogP contribution in [0.3, 0.4) is 0 Å². The van der Waals surface area contributed by atoms with Gasteiger partial charge in [-0.25, -0.2) is 4.98 Å². The second kappa shape index (κ2) is 5.21. The lowest BCUT2D eigenvalue weighted by Gasteiger charge is -2.05. The normalized spacial score (nSPS) is 10.8. The van der Waals surface area contributed by atoms with Crippen LogP contribution in [0.25, 0.3) is 11.0 Å². The summed E-state index contributed by atoms with van der Waals surface area (Å²) in [6.07, 6.45) is 3.29. The van der Waals surface area contributed by atoms with Crippen LogP contribution >= 0.6 is 15.9 Å². The SMILES string of the molecule is Cc1c(N=O)cccc1C(=O)c1c[nH]c2ncc(Br)cc12. The number of aromatic amines is 1. The van der Waals surface area contributed by atoms with Crippen LogP contribution in [0.4, 0.5) is 5.69 Å². The molecule has 3 rings (SSSR count). The molecule has 1 aromatic carbocycles. The van der Waals surface area contributed by atoms with E-state index in [1.54, 1.807) is 37.5 Å². The number of carbonyl (C=O) groups is 1. The molecule has 6 heteroatoms. The van der Waals surface area contributed by atoms with E-state index in [-0.39, 0.29) is 11.5 Å². The molecule has 0 aliphatic carbocycles. The van der Waals surface area contributed by atoms with Gasteiger partial charge in [0, 0.05) is 33.4 Å². The average Bonchev–Trinajstić information content (AvgIpc) is 2.89. The number of fused-ring (bicyclic) bond motifs is 1. The summed E-state index contributed by atoms with van der Waals surface area (Å²) in [5, 5.41) is 3.68. The van der Waals surface area contributed by atoms with Gasteiger partial charge in [-0.2, -0.15) is 0 Å². The van der Waals surface area contributed by atoms with Crippen LogP contribution in [0.5, 0.6) is 0 Å². The molecule has 5 nitrogen and oxygen atoms in total. The Balaban J connectivity index is 2.17. The summed E-state index contributed by atoms with van der Waals surface area (Å²) in [5.41, 5.74) is 2.48. The number of hydrogen-bond acceptors (Lipinski definition) is 4. The second-order valence-corrected chi connectivity index (χ2v) is 5.54. The van der Waals surface area contributed by atoms with E-state index in [0.29, 0.717) is 22.3 Å². The first kappa shape index (κ1) is 13.6. The minimum absolute atomic E-state index is 0.163. The first-order valence-corrected chi connectivity index (χ1v) is 7.01. The second-order valence-electron chi connectivity index (χ2n) is 4.62. The van der Waals surface area contributed by atoms with Gasteiger partial charge < -0.3 is 4.98 Å². The topological polar surface area (TPSA) is 75.2 Å². The number of nitrogens with zero attached hydrogens (tertiary/aromatic N) is 2. The Morgan fingerprint density at radius 2 is 2.14 bits per heavy atom. The van der Waals surface area contributed by atoms with E-state index in [4.69, 9.17) is 0 Å². The van der Waals surface area contributed by atoms with Crippen molar-refractivity contribution in [2.45, 2.75) is 6.92 Å². The van der Waals surface area contributed by atoms with Gasteiger partial charge in [-0.3, -0.25) is 4.79 Å². The van der Waals surface area contributed by atoms with Crippen LogP contribution in [-0.4, -0.2) is 15.8 Å². The zero-order valence-electron chi connectivity index (χ0n) is 11.1. The lowest BCUT2D eigenvalue weighted by molar-refractivity contribution is 0.104. The third-order valence-corrected chi connectivity index (χ3v) is 3.82. The molecule has 0 bridgehead atoms. The molecule has 0 fully saturated rings. The molecule has 2 heterocycles. The molecule has 0 saturated carbocycles. The molecule has 0 saturated heterocycles. The number of carbonyl (C=O) groups excluding carboxylic acids is 1. The number of H-pyrrole nitrogens is 1. The lowest BCUT2D eigenvalue weighted by Crippen LogP contribution is -2.03. The Kier molecular flexibility index (Phi) is 3.39. The van der Waals surface area contributed by atoms with Crippen LogP contribution in [0.15, 0.2) is 46.3 Å². The van der Waals surface area contributed by atoms with Crippen LogP contribution in [0, 0.1) is 11.8 Å². The summed E-state index contributed by atoms with van der Waals surface area (Å²) >= 11 is 3.35. The highest BCUT2D eigenvalue weighted by Gasteiger charge is 2.18. The van der Waals surface area contributed by atoms with Crippen molar-refractivity contribution in [3.05, 3.63) is 62.7 Å². The zero-order chi connectivity index (χ0) is 15.0. The largest absolute Gasteiger partial charge is 0.345 e. The fraction of sp³-hybridized carbons (Fsp3) is 0.0667. The molecule has 21 heavy (non-hydrogen) atoms.